The Bertz CT molecular complexity index is 168. The lowest BCUT2D eigenvalue weighted by Crippen LogP contribution is -2.27. The van der Waals surface area contributed by atoms with Crippen molar-refractivity contribution in [2.75, 3.05) is 13.2 Å². The first-order valence-electron chi connectivity index (χ1n) is 2.99. The lowest BCUT2D eigenvalue weighted by atomic mass is 10.1. The molecule has 3 nitrogen and oxygen atoms in total. The molecule has 2 N–H and O–H groups in total. The quantitative estimate of drug-likeness (QED) is 0.506. The monoisotopic (exact) mass is 126 g/mol. The molecular weight excluding hydrogens is 118 g/mol. The zero-order valence-electron chi connectivity index (χ0n) is 4.96. The van der Waals surface area contributed by atoms with Crippen molar-refractivity contribution in [3.63, 3.8) is 0 Å². The number of nitrogens with two attached hydrogens (primary N) is 1. The second kappa shape index (κ2) is 1.29. The van der Waals surface area contributed by atoms with Crippen LogP contribution in [0.15, 0.2) is 0 Å². The van der Waals surface area contributed by atoms with E-state index in [0.29, 0.717) is 19.1 Å². The number of hydrogen-bond acceptors (Lipinski definition) is 2. The van der Waals surface area contributed by atoms with Crippen LogP contribution in [0.2, 0.25) is 0 Å². The number of amides is 1. The molecule has 2 atom stereocenters. The normalized spacial score (nSPS) is 46.4. The van der Waals surface area contributed by atoms with E-state index in [-0.39, 0.29) is 11.3 Å². The Morgan fingerprint density at radius 3 is 2.89 bits per heavy atom. The number of hydrogen-bond donors (Lipinski definition) is 1. The Morgan fingerprint density at radius 1 is 1.89 bits per heavy atom. The molecule has 2 fully saturated rings. The van der Waals surface area contributed by atoms with E-state index in [1.165, 1.54) is 0 Å². The van der Waals surface area contributed by atoms with Gasteiger partial charge in [0.25, 0.3) is 0 Å². The van der Waals surface area contributed by atoms with Crippen molar-refractivity contribution >= 4 is 5.91 Å². The highest BCUT2D eigenvalue weighted by molar-refractivity contribution is 5.87. The Kier molecular flexibility index (Phi) is 0.750. The van der Waals surface area contributed by atoms with E-state index < -0.39 is 0 Å². The molecule has 1 amide bonds. The lowest BCUT2D eigenvalue weighted by Gasteiger charge is -2.02. The van der Waals surface area contributed by atoms with Gasteiger partial charge in [-0.15, -0.1) is 0 Å². The summed E-state index contributed by atoms with van der Waals surface area (Å²) in [6.07, 6.45) is 1.97. The number of rotatable bonds is 1. The molecular formula is C6H8NO2. The summed E-state index contributed by atoms with van der Waals surface area (Å²) < 4.78 is 5.04. The van der Waals surface area contributed by atoms with Gasteiger partial charge in [0, 0.05) is 5.92 Å². The highest BCUT2D eigenvalue weighted by Gasteiger charge is 2.63. The molecule has 0 aromatic rings. The molecule has 2 rings (SSSR count). The predicted octanol–water partition coefficient (Wildman–Crippen LogP) is -0.678. The van der Waals surface area contributed by atoms with Gasteiger partial charge in [-0.25, -0.2) is 0 Å². The maximum Gasteiger partial charge on any atom is 0.226 e. The first-order valence-corrected chi connectivity index (χ1v) is 2.99. The molecule has 0 aromatic carbocycles. The number of primary amides is 1. The summed E-state index contributed by atoms with van der Waals surface area (Å²) in [6, 6.07) is 0. The highest BCUT2D eigenvalue weighted by Crippen LogP contribution is 2.55. The van der Waals surface area contributed by atoms with Gasteiger partial charge in [0.05, 0.1) is 18.6 Å². The van der Waals surface area contributed by atoms with Crippen molar-refractivity contribution in [3.8, 4) is 0 Å². The smallest absolute Gasteiger partial charge is 0.226 e. The number of fused-ring (bicyclic) bond motifs is 1. The third-order valence-corrected chi connectivity index (χ3v) is 2.15. The van der Waals surface area contributed by atoms with Crippen LogP contribution in [-0.2, 0) is 9.53 Å². The van der Waals surface area contributed by atoms with E-state index in [2.05, 4.69) is 0 Å². The summed E-state index contributed by atoms with van der Waals surface area (Å²) in [6.45, 7) is 1.19. The maximum atomic E-state index is 10.7. The van der Waals surface area contributed by atoms with Crippen LogP contribution in [0.5, 0.6) is 0 Å². The van der Waals surface area contributed by atoms with Gasteiger partial charge in [-0.3, -0.25) is 4.79 Å². The highest BCUT2D eigenvalue weighted by atomic mass is 16.5. The fourth-order valence-corrected chi connectivity index (χ4v) is 1.35. The van der Waals surface area contributed by atoms with Crippen LogP contribution in [0.25, 0.3) is 0 Å². The van der Waals surface area contributed by atoms with Crippen molar-refractivity contribution in [1.29, 1.82) is 0 Å². The van der Waals surface area contributed by atoms with Crippen molar-refractivity contribution < 1.29 is 9.53 Å². The number of carbonyl (C=O) groups excluding carboxylic acids is 1. The van der Waals surface area contributed by atoms with Crippen LogP contribution in [0.3, 0.4) is 0 Å². The molecule has 1 saturated heterocycles. The molecule has 9 heavy (non-hydrogen) atoms. The van der Waals surface area contributed by atoms with Crippen LogP contribution in [0.1, 0.15) is 0 Å². The molecule has 1 heterocycles. The fraction of sp³-hybridized carbons (Fsp3) is 0.667. The van der Waals surface area contributed by atoms with Gasteiger partial charge in [0.1, 0.15) is 0 Å². The van der Waals surface area contributed by atoms with Crippen LogP contribution >= 0.6 is 0 Å². The molecule has 1 aliphatic heterocycles. The van der Waals surface area contributed by atoms with E-state index >= 15 is 0 Å². The van der Waals surface area contributed by atoms with Gasteiger partial charge in [0.15, 0.2) is 0 Å². The molecule has 1 radical (unpaired) electrons. The average molecular weight is 126 g/mol. The van der Waals surface area contributed by atoms with Crippen LogP contribution in [0.4, 0.5) is 0 Å². The average Bonchev–Trinajstić information content (AvgIpc) is 2.38. The zero-order valence-corrected chi connectivity index (χ0v) is 4.96. The van der Waals surface area contributed by atoms with E-state index in [4.69, 9.17) is 10.5 Å². The first-order chi connectivity index (χ1) is 4.26. The maximum absolute atomic E-state index is 10.7. The minimum absolute atomic E-state index is 0.231. The van der Waals surface area contributed by atoms with E-state index in [9.17, 15) is 4.79 Å². The summed E-state index contributed by atoms with van der Waals surface area (Å²) in [7, 11) is 0. The summed E-state index contributed by atoms with van der Waals surface area (Å²) in [5.41, 5.74) is 4.78. The third kappa shape index (κ3) is 0.477. The molecule has 49 valence electrons. The minimum Gasteiger partial charge on any atom is -0.380 e. The summed E-state index contributed by atoms with van der Waals surface area (Å²) in [5.74, 6) is 0.0972. The summed E-state index contributed by atoms with van der Waals surface area (Å²) >= 11 is 0. The topological polar surface area (TPSA) is 52.3 Å². The fourth-order valence-electron chi connectivity index (χ4n) is 1.35. The molecule has 0 bridgehead atoms. The summed E-state index contributed by atoms with van der Waals surface area (Å²) in [5, 5.41) is 0. The van der Waals surface area contributed by atoms with E-state index in [1.807, 2.05) is 6.42 Å². The van der Waals surface area contributed by atoms with Gasteiger partial charge in [-0.2, -0.15) is 0 Å². The van der Waals surface area contributed by atoms with E-state index in [0.717, 1.165) is 0 Å². The van der Waals surface area contributed by atoms with Crippen molar-refractivity contribution in [3.05, 3.63) is 6.42 Å². The Balaban J connectivity index is 2.19. The van der Waals surface area contributed by atoms with E-state index in [1.54, 1.807) is 0 Å². The Morgan fingerprint density at radius 2 is 2.67 bits per heavy atom. The molecule has 3 heteroatoms. The number of carbonyl (C=O) groups is 1. The molecule has 1 saturated carbocycles. The van der Waals surface area contributed by atoms with Crippen molar-refractivity contribution in [2.45, 2.75) is 0 Å². The molecule has 1 aliphatic carbocycles. The third-order valence-electron chi connectivity index (χ3n) is 2.15. The largest absolute Gasteiger partial charge is 0.380 e. The van der Waals surface area contributed by atoms with Gasteiger partial charge in [-0.1, -0.05) is 0 Å². The van der Waals surface area contributed by atoms with Crippen LogP contribution in [-0.4, -0.2) is 19.1 Å². The predicted molar refractivity (Wildman–Crippen MR) is 30.2 cm³/mol. The Labute approximate surface area is 53.2 Å². The van der Waals surface area contributed by atoms with Crippen molar-refractivity contribution in [2.24, 2.45) is 17.1 Å². The second-order valence-corrected chi connectivity index (χ2v) is 2.69. The standard InChI is InChI=1S/C6H8NO2/c7-5(8)6-1-4(6)2-9-3-6/h1,4H,2-3H2,(H2,7,8). The van der Waals surface area contributed by atoms with Crippen molar-refractivity contribution in [1.82, 2.24) is 0 Å². The summed E-state index contributed by atoms with van der Waals surface area (Å²) in [4.78, 5) is 10.7. The van der Waals surface area contributed by atoms with Gasteiger partial charge in [-0.05, 0) is 6.42 Å². The molecule has 2 unspecified atom stereocenters. The van der Waals surface area contributed by atoms with Crippen LogP contribution < -0.4 is 5.73 Å². The van der Waals surface area contributed by atoms with Gasteiger partial charge < -0.3 is 10.5 Å². The van der Waals surface area contributed by atoms with Gasteiger partial charge >= 0.3 is 0 Å². The molecule has 0 aromatic heterocycles. The minimum atomic E-state index is -0.347. The van der Waals surface area contributed by atoms with Gasteiger partial charge in [0.2, 0.25) is 5.91 Å². The number of ether oxygens (including phenoxy) is 1. The lowest BCUT2D eigenvalue weighted by molar-refractivity contribution is -0.123. The zero-order chi connectivity index (χ0) is 6.48. The molecule has 0 spiro atoms. The first kappa shape index (κ1) is 5.23. The van der Waals surface area contributed by atoms with Crippen LogP contribution in [0, 0.1) is 17.8 Å². The molecule has 2 aliphatic rings. The second-order valence-electron chi connectivity index (χ2n) is 2.69. The SMILES string of the molecule is NC(=O)C12[CH]C1COC2. The Hall–Kier alpha value is -0.570.